The highest BCUT2D eigenvalue weighted by atomic mass is 35.5. The van der Waals surface area contributed by atoms with Crippen LogP contribution in [0.1, 0.15) is 25.7 Å². The number of para-hydroxylation sites is 1. The van der Waals surface area contributed by atoms with E-state index < -0.39 is 0 Å². The molecule has 2 aliphatic heterocycles. The number of carbonyl (C=O) groups excluding carboxylic acids is 1. The second kappa shape index (κ2) is 12.2. The van der Waals surface area contributed by atoms with Gasteiger partial charge in [0.2, 0.25) is 5.91 Å². The number of rotatable bonds is 7. The number of nitrogens with one attached hydrogen (secondary N) is 2. The van der Waals surface area contributed by atoms with Crippen LogP contribution in [0.25, 0.3) is 0 Å². The summed E-state index contributed by atoms with van der Waals surface area (Å²) in [6.45, 7) is 8.12. The van der Waals surface area contributed by atoms with Crippen LogP contribution in [-0.4, -0.2) is 88.1 Å². The van der Waals surface area contributed by atoms with Crippen molar-refractivity contribution >= 4 is 29.2 Å². The van der Waals surface area contributed by atoms with Gasteiger partial charge in [0.25, 0.3) is 0 Å². The smallest absolute Gasteiger partial charge is 0.220 e. The number of aliphatic imine (C=N–C) groups is 1. The fourth-order valence-corrected chi connectivity index (χ4v) is 4.72. The maximum absolute atomic E-state index is 11.6. The molecule has 1 aromatic rings. The number of nitrogens with zero attached hydrogens (tertiary/aromatic N) is 4. The third-order valence-electron chi connectivity index (χ3n) is 6.38. The fourth-order valence-electron chi connectivity index (χ4n) is 4.47. The second-order valence-electron chi connectivity index (χ2n) is 8.42. The molecule has 2 N–H and O–H groups in total. The number of piperidine rings is 1. The molecule has 0 saturated carbocycles. The number of likely N-dealkylation sites (tertiary alicyclic amines) is 1. The number of amides is 1. The Morgan fingerprint density at radius 1 is 1.13 bits per heavy atom. The number of piperazine rings is 1. The van der Waals surface area contributed by atoms with Crippen LogP contribution in [0.5, 0.6) is 0 Å². The average Bonchev–Trinajstić information content (AvgIpc) is 2.80. The highest BCUT2D eigenvalue weighted by molar-refractivity contribution is 6.33. The van der Waals surface area contributed by atoms with E-state index in [1.807, 2.05) is 19.2 Å². The summed E-state index contributed by atoms with van der Waals surface area (Å²) in [5.41, 5.74) is 1.15. The van der Waals surface area contributed by atoms with Gasteiger partial charge in [-0.2, -0.15) is 0 Å². The lowest BCUT2D eigenvalue weighted by molar-refractivity contribution is -0.121. The summed E-state index contributed by atoms with van der Waals surface area (Å²) >= 11 is 6.34. The Hall–Kier alpha value is -1.99. The van der Waals surface area contributed by atoms with E-state index in [2.05, 4.69) is 42.5 Å². The summed E-state index contributed by atoms with van der Waals surface area (Å²) in [6, 6.07) is 8.10. The predicted octanol–water partition coefficient (Wildman–Crippen LogP) is 2.28. The lowest BCUT2D eigenvalue weighted by atomic mass is 9.93. The van der Waals surface area contributed by atoms with Gasteiger partial charge in [-0.3, -0.25) is 14.7 Å². The van der Waals surface area contributed by atoms with Crippen LogP contribution in [0, 0.1) is 5.92 Å². The van der Waals surface area contributed by atoms with E-state index in [-0.39, 0.29) is 5.91 Å². The Labute approximate surface area is 191 Å². The highest BCUT2D eigenvalue weighted by Crippen LogP contribution is 2.26. The van der Waals surface area contributed by atoms with Crippen molar-refractivity contribution in [1.82, 2.24) is 20.4 Å². The van der Waals surface area contributed by atoms with Crippen LogP contribution >= 0.6 is 11.6 Å². The van der Waals surface area contributed by atoms with Crippen LogP contribution in [0.3, 0.4) is 0 Å². The van der Waals surface area contributed by atoms with Crippen molar-refractivity contribution in [1.29, 1.82) is 0 Å². The number of hydrogen-bond donors (Lipinski definition) is 2. The Morgan fingerprint density at radius 2 is 1.84 bits per heavy atom. The molecule has 2 fully saturated rings. The zero-order valence-corrected chi connectivity index (χ0v) is 19.7. The number of anilines is 1. The zero-order valence-electron chi connectivity index (χ0n) is 18.9. The van der Waals surface area contributed by atoms with E-state index in [9.17, 15) is 4.79 Å². The molecule has 0 spiro atoms. The first-order valence-corrected chi connectivity index (χ1v) is 11.9. The minimum absolute atomic E-state index is 0.147. The van der Waals surface area contributed by atoms with E-state index in [4.69, 9.17) is 11.6 Å². The van der Waals surface area contributed by atoms with Gasteiger partial charge >= 0.3 is 0 Å². The molecule has 8 heteroatoms. The normalized spacial score (nSPS) is 18.9. The zero-order chi connectivity index (χ0) is 22.1. The summed E-state index contributed by atoms with van der Waals surface area (Å²) < 4.78 is 0. The molecule has 7 nitrogen and oxygen atoms in total. The van der Waals surface area contributed by atoms with E-state index in [0.717, 1.165) is 88.3 Å². The average molecular weight is 449 g/mol. The molecule has 1 amide bonds. The summed E-state index contributed by atoms with van der Waals surface area (Å²) in [5, 5.41) is 7.10. The van der Waals surface area contributed by atoms with Gasteiger partial charge in [0.1, 0.15) is 0 Å². The first-order chi connectivity index (χ1) is 15.1. The molecule has 0 bridgehead atoms. The molecule has 2 saturated heterocycles. The second-order valence-corrected chi connectivity index (χ2v) is 8.82. The molecule has 0 unspecified atom stereocenters. The Kier molecular flexibility index (Phi) is 9.28. The molecular weight excluding hydrogens is 412 g/mol. The van der Waals surface area contributed by atoms with Crippen LogP contribution < -0.4 is 15.5 Å². The minimum Gasteiger partial charge on any atom is -0.368 e. The number of carbonyl (C=O) groups is 1. The lowest BCUT2D eigenvalue weighted by Crippen LogP contribution is -2.48. The van der Waals surface area contributed by atoms with E-state index >= 15 is 0 Å². The maximum atomic E-state index is 11.6. The first-order valence-electron chi connectivity index (χ1n) is 11.5. The summed E-state index contributed by atoms with van der Waals surface area (Å²) in [4.78, 5) is 23.3. The largest absolute Gasteiger partial charge is 0.368 e. The first kappa shape index (κ1) is 23.7. The molecule has 3 rings (SSSR count). The SMILES string of the molecule is CN=C(NCCCN1CCN(c2ccccc2Cl)CC1)N1CCC(CC(=O)NC)CC1. The van der Waals surface area contributed by atoms with E-state index in [1.165, 1.54) is 0 Å². The van der Waals surface area contributed by atoms with Crippen molar-refractivity contribution in [3.05, 3.63) is 29.3 Å². The summed E-state index contributed by atoms with van der Waals surface area (Å²) in [5.74, 6) is 1.62. The third-order valence-corrected chi connectivity index (χ3v) is 6.70. The van der Waals surface area contributed by atoms with E-state index in [0.29, 0.717) is 12.3 Å². The maximum Gasteiger partial charge on any atom is 0.220 e. The summed E-state index contributed by atoms with van der Waals surface area (Å²) in [6.07, 6.45) is 3.83. The van der Waals surface area contributed by atoms with Crippen molar-refractivity contribution in [2.45, 2.75) is 25.7 Å². The van der Waals surface area contributed by atoms with Crippen LogP contribution in [0.4, 0.5) is 5.69 Å². The molecule has 31 heavy (non-hydrogen) atoms. The molecule has 0 radical (unpaired) electrons. The minimum atomic E-state index is 0.147. The van der Waals surface area contributed by atoms with Gasteiger partial charge in [-0.1, -0.05) is 23.7 Å². The molecule has 1 aromatic carbocycles. The predicted molar refractivity (Wildman–Crippen MR) is 129 cm³/mol. The van der Waals surface area contributed by atoms with Gasteiger partial charge in [-0.05, 0) is 43.9 Å². The Bertz CT molecular complexity index is 727. The summed E-state index contributed by atoms with van der Waals surface area (Å²) in [7, 11) is 3.56. The lowest BCUT2D eigenvalue weighted by Gasteiger charge is -2.36. The molecule has 172 valence electrons. The number of halogens is 1. The monoisotopic (exact) mass is 448 g/mol. The topological polar surface area (TPSA) is 63.2 Å². The molecule has 2 aliphatic rings. The Balaban J connectivity index is 1.32. The molecule has 0 aliphatic carbocycles. The Morgan fingerprint density at radius 3 is 2.48 bits per heavy atom. The molecule has 0 aromatic heterocycles. The number of hydrogen-bond acceptors (Lipinski definition) is 4. The quantitative estimate of drug-likeness (QED) is 0.380. The number of benzene rings is 1. The van der Waals surface area contributed by atoms with Crippen molar-refractivity contribution in [2.75, 3.05) is 71.4 Å². The molecular formula is C23H37ClN6O. The van der Waals surface area contributed by atoms with Crippen LogP contribution in [0.15, 0.2) is 29.3 Å². The molecule has 0 atom stereocenters. The fraction of sp³-hybridized carbons (Fsp3) is 0.652. The van der Waals surface area contributed by atoms with Gasteiger partial charge in [0.05, 0.1) is 10.7 Å². The van der Waals surface area contributed by atoms with Crippen molar-refractivity contribution in [3.63, 3.8) is 0 Å². The van der Waals surface area contributed by atoms with Gasteiger partial charge in [0, 0.05) is 66.3 Å². The highest BCUT2D eigenvalue weighted by Gasteiger charge is 2.23. The van der Waals surface area contributed by atoms with Crippen molar-refractivity contribution < 1.29 is 4.79 Å². The van der Waals surface area contributed by atoms with Crippen molar-refractivity contribution in [2.24, 2.45) is 10.9 Å². The van der Waals surface area contributed by atoms with Gasteiger partial charge in [-0.25, -0.2) is 0 Å². The number of guanidine groups is 1. The van der Waals surface area contributed by atoms with Gasteiger partial charge in [0.15, 0.2) is 5.96 Å². The molecule has 2 heterocycles. The van der Waals surface area contributed by atoms with Gasteiger partial charge < -0.3 is 20.4 Å². The van der Waals surface area contributed by atoms with Crippen molar-refractivity contribution in [3.8, 4) is 0 Å². The van der Waals surface area contributed by atoms with E-state index in [1.54, 1.807) is 7.05 Å². The van der Waals surface area contributed by atoms with Gasteiger partial charge in [-0.15, -0.1) is 0 Å². The van der Waals surface area contributed by atoms with Crippen LogP contribution in [0.2, 0.25) is 5.02 Å². The van der Waals surface area contributed by atoms with Crippen LogP contribution in [-0.2, 0) is 4.79 Å². The standard InChI is InChI=1S/C23H37ClN6O/c1-25-22(31)18-19-8-12-30(13-9-19)23(26-2)27-10-5-11-28-14-16-29(17-15-28)21-7-4-3-6-20(21)24/h3-4,6-7,19H,5,8-18H2,1-2H3,(H,25,31)(H,26,27). The third kappa shape index (κ3) is 7.01.